The molecule has 11 heteroatoms. The molecule has 2 aromatic carbocycles. The van der Waals surface area contributed by atoms with Gasteiger partial charge in [0, 0.05) is 26.1 Å². The monoisotopic (exact) mass is 541 g/mol. The molecule has 0 fully saturated rings. The van der Waals surface area contributed by atoms with E-state index in [1.807, 2.05) is 44.2 Å². The molecule has 0 aliphatic carbocycles. The van der Waals surface area contributed by atoms with Gasteiger partial charge in [0.2, 0.25) is 21.8 Å². The number of amides is 2. The number of benzene rings is 2. The Morgan fingerprint density at radius 2 is 1.65 bits per heavy atom. The van der Waals surface area contributed by atoms with Crippen LogP contribution in [0.15, 0.2) is 54.6 Å². The number of anilines is 1. The third kappa shape index (κ3) is 9.38. The van der Waals surface area contributed by atoms with Gasteiger partial charge in [-0.3, -0.25) is 13.9 Å². The zero-order valence-corrected chi connectivity index (χ0v) is 22.3. The highest BCUT2D eigenvalue weighted by atomic mass is 32.2. The van der Waals surface area contributed by atoms with Gasteiger partial charge in [0.1, 0.15) is 6.04 Å². The Morgan fingerprint density at radius 1 is 1.00 bits per heavy atom. The number of carbonyl (C=O) groups is 2. The standard InChI is InChI=1S/C26H34F3N3O4S/c1-19(2)17-30-25(34)20(3)31(18-21-10-6-5-7-11-21)24(33)14-9-15-32(37(4,35)36)23-13-8-12-22(16-23)26(27,28)29/h5-8,10-13,16,19-20H,9,14-15,17-18H2,1-4H3,(H,30,34)/t20-/m1/s1. The highest BCUT2D eigenvalue weighted by molar-refractivity contribution is 7.92. The molecule has 1 atom stereocenters. The van der Waals surface area contributed by atoms with E-state index in [4.69, 9.17) is 0 Å². The van der Waals surface area contributed by atoms with Crippen LogP contribution in [0.4, 0.5) is 18.9 Å². The number of hydrogen-bond acceptors (Lipinski definition) is 4. The maximum Gasteiger partial charge on any atom is 0.416 e. The fourth-order valence-corrected chi connectivity index (χ4v) is 4.61. The van der Waals surface area contributed by atoms with Gasteiger partial charge in [-0.1, -0.05) is 50.2 Å². The molecule has 204 valence electrons. The van der Waals surface area contributed by atoms with Crippen LogP contribution in [0.25, 0.3) is 0 Å². The molecule has 0 radical (unpaired) electrons. The Labute approximate surface area is 216 Å². The summed E-state index contributed by atoms with van der Waals surface area (Å²) in [5.74, 6) is -0.444. The summed E-state index contributed by atoms with van der Waals surface area (Å²) in [4.78, 5) is 27.4. The summed E-state index contributed by atoms with van der Waals surface area (Å²) < 4.78 is 65.0. The van der Waals surface area contributed by atoms with Crippen LogP contribution in [0.2, 0.25) is 0 Å². The predicted octanol–water partition coefficient (Wildman–Crippen LogP) is 4.44. The van der Waals surface area contributed by atoms with Crippen molar-refractivity contribution in [3.05, 3.63) is 65.7 Å². The zero-order chi connectivity index (χ0) is 27.8. The molecule has 37 heavy (non-hydrogen) atoms. The smallest absolute Gasteiger partial charge is 0.354 e. The fraction of sp³-hybridized carbons (Fsp3) is 0.462. The van der Waals surface area contributed by atoms with Crippen LogP contribution < -0.4 is 9.62 Å². The molecule has 2 rings (SSSR count). The van der Waals surface area contributed by atoms with E-state index in [-0.39, 0.29) is 49.4 Å². The Kier molecular flexibility index (Phi) is 10.5. The van der Waals surface area contributed by atoms with E-state index in [2.05, 4.69) is 5.32 Å². The van der Waals surface area contributed by atoms with E-state index in [9.17, 15) is 31.2 Å². The van der Waals surface area contributed by atoms with Crippen LogP contribution in [0.1, 0.15) is 44.7 Å². The highest BCUT2D eigenvalue weighted by Crippen LogP contribution is 2.32. The topological polar surface area (TPSA) is 86.8 Å². The van der Waals surface area contributed by atoms with Gasteiger partial charge >= 0.3 is 6.18 Å². The van der Waals surface area contributed by atoms with E-state index < -0.39 is 27.8 Å². The molecule has 2 amide bonds. The van der Waals surface area contributed by atoms with Crippen LogP contribution in [0.3, 0.4) is 0 Å². The Morgan fingerprint density at radius 3 is 2.22 bits per heavy atom. The molecule has 0 saturated carbocycles. The molecule has 0 spiro atoms. The first-order valence-electron chi connectivity index (χ1n) is 12.0. The molecule has 0 aliphatic rings. The summed E-state index contributed by atoms with van der Waals surface area (Å²) in [7, 11) is -3.92. The van der Waals surface area contributed by atoms with Gasteiger partial charge in [-0.15, -0.1) is 0 Å². The first kappa shape index (κ1) is 30.1. The Hall–Kier alpha value is -3.08. The highest BCUT2D eigenvalue weighted by Gasteiger charge is 2.32. The SMILES string of the molecule is CC(C)CNC(=O)[C@@H](C)N(Cc1ccccc1)C(=O)CCCN(c1cccc(C(F)(F)F)c1)S(C)(=O)=O. The predicted molar refractivity (Wildman–Crippen MR) is 137 cm³/mol. The van der Waals surface area contributed by atoms with Gasteiger partial charge in [0.15, 0.2) is 0 Å². The Bertz CT molecular complexity index is 1160. The molecule has 0 bridgehead atoms. The van der Waals surface area contributed by atoms with Crippen molar-refractivity contribution in [3.8, 4) is 0 Å². The first-order valence-corrected chi connectivity index (χ1v) is 13.8. The van der Waals surface area contributed by atoms with Crippen molar-refractivity contribution in [2.45, 2.75) is 52.4 Å². The largest absolute Gasteiger partial charge is 0.416 e. The molecule has 0 heterocycles. The van der Waals surface area contributed by atoms with Crippen LogP contribution >= 0.6 is 0 Å². The Balaban J connectivity index is 2.18. The van der Waals surface area contributed by atoms with Crippen molar-refractivity contribution >= 4 is 27.5 Å². The number of hydrogen-bond donors (Lipinski definition) is 1. The summed E-state index contributed by atoms with van der Waals surface area (Å²) >= 11 is 0. The minimum absolute atomic E-state index is 0.0494. The number of alkyl halides is 3. The second-order valence-electron chi connectivity index (χ2n) is 9.31. The van der Waals surface area contributed by atoms with Crippen LogP contribution in [-0.2, 0) is 32.3 Å². The van der Waals surface area contributed by atoms with Crippen molar-refractivity contribution in [2.24, 2.45) is 5.92 Å². The average Bonchev–Trinajstić information content (AvgIpc) is 2.82. The summed E-state index contributed by atoms with van der Waals surface area (Å²) in [6, 6.07) is 12.4. The molecule has 1 N–H and O–H groups in total. The molecule has 0 saturated heterocycles. The van der Waals surface area contributed by atoms with E-state index in [0.29, 0.717) is 6.54 Å². The number of halogens is 3. The summed E-state index contributed by atoms with van der Waals surface area (Å²) in [6.45, 7) is 5.97. The van der Waals surface area contributed by atoms with E-state index in [1.54, 1.807) is 6.92 Å². The molecule has 2 aromatic rings. The van der Waals surface area contributed by atoms with Crippen molar-refractivity contribution < 1.29 is 31.2 Å². The van der Waals surface area contributed by atoms with Crippen molar-refractivity contribution in [1.29, 1.82) is 0 Å². The van der Waals surface area contributed by atoms with Gasteiger partial charge in [-0.05, 0) is 43.0 Å². The summed E-state index contributed by atoms with van der Waals surface area (Å²) in [5.41, 5.74) is -0.279. The first-order chi connectivity index (χ1) is 17.2. The maximum absolute atomic E-state index is 13.2. The zero-order valence-electron chi connectivity index (χ0n) is 21.5. The van der Waals surface area contributed by atoms with Crippen molar-refractivity contribution in [2.75, 3.05) is 23.7 Å². The maximum atomic E-state index is 13.2. The minimum Gasteiger partial charge on any atom is -0.354 e. The quantitative estimate of drug-likeness (QED) is 0.431. The lowest BCUT2D eigenvalue weighted by Gasteiger charge is -2.29. The molecular formula is C26H34F3N3O4S. The number of sulfonamides is 1. The number of nitrogens with zero attached hydrogens (tertiary/aromatic N) is 2. The van der Waals surface area contributed by atoms with Gasteiger partial charge < -0.3 is 10.2 Å². The third-order valence-electron chi connectivity index (χ3n) is 5.66. The lowest BCUT2D eigenvalue weighted by Crippen LogP contribution is -2.48. The lowest BCUT2D eigenvalue weighted by atomic mass is 10.1. The van der Waals surface area contributed by atoms with Crippen LogP contribution in [0.5, 0.6) is 0 Å². The summed E-state index contributed by atoms with van der Waals surface area (Å²) in [6.07, 6.45) is -3.77. The third-order valence-corrected chi connectivity index (χ3v) is 6.86. The van der Waals surface area contributed by atoms with E-state index in [1.165, 1.54) is 11.0 Å². The van der Waals surface area contributed by atoms with Crippen LogP contribution in [0, 0.1) is 5.92 Å². The molecule has 0 aliphatic heterocycles. The van der Waals surface area contributed by atoms with Gasteiger partial charge in [-0.25, -0.2) is 8.42 Å². The molecule has 0 unspecified atom stereocenters. The lowest BCUT2D eigenvalue weighted by molar-refractivity contribution is -0.140. The van der Waals surface area contributed by atoms with Crippen molar-refractivity contribution in [1.82, 2.24) is 10.2 Å². The number of rotatable bonds is 12. The van der Waals surface area contributed by atoms with E-state index >= 15 is 0 Å². The molecule has 0 aromatic heterocycles. The van der Waals surface area contributed by atoms with Gasteiger partial charge in [-0.2, -0.15) is 13.2 Å². The normalized spacial score (nSPS) is 12.8. The number of nitrogens with one attached hydrogen (secondary N) is 1. The summed E-state index contributed by atoms with van der Waals surface area (Å²) in [5, 5.41) is 2.82. The second kappa shape index (κ2) is 12.9. The van der Waals surface area contributed by atoms with E-state index in [0.717, 1.165) is 34.3 Å². The van der Waals surface area contributed by atoms with Crippen LogP contribution in [-0.4, -0.2) is 50.5 Å². The number of carbonyl (C=O) groups excluding carboxylic acids is 2. The van der Waals surface area contributed by atoms with Gasteiger partial charge in [0.05, 0.1) is 17.5 Å². The van der Waals surface area contributed by atoms with Crippen molar-refractivity contribution in [3.63, 3.8) is 0 Å². The molecule has 7 nitrogen and oxygen atoms in total. The molecular weight excluding hydrogens is 507 g/mol. The second-order valence-corrected chi connectivity index (χ2v) is 11.2. The fourth-order valence-electron chi connectivity index (χ4n) is 3.66. The van der Waals surface area contributed by atoms with Gasteiger partial charge in [0.25, 0.3) is 0 Å². The minimum atomic E-state index is -4.63. The average molecular weight is 542 g/mol.